The smallest absolute Gasteiger partial charge is 0.696 e. The zero-order valence-electron chi connectivity index (χ0n) is 14.9. The quantitative estimate of drug-likeness (QED) is 0.341. The molecule has 24 heavy (non-hydrogen) atoms. The molecule has 1 aliphatic heterocycles. The van der Waals surface area contributed by atoms with Crippen LogP contribution < -0.4 is 5.32 Å². The van der Waals surface area contributed by atoms with E-state index in [0.717, 1.165) is 13.1 Å². The van der Waals surface area contributed by atoms with Crippen molar-refractivity contribution in [3.05, 3.63) is 0 Å². The zero-order chi connectivity index (χ0) is 17.9. The summed E-state index contributed by atoms with van der Waals surface area (Å²) in [5, 5.41) is 20.5. The number of nitrogens with zero attached hydrogens (tertiary/aromatic N) is 5. The van der Waals surface area contributed by atoms with Gasteiger partial charge in [0.05, 0.1) is 0 Å². The van der Waals surface area contributed by atoms with Crippen molar-refractivity contribution in [2.45, 2.75) is 12.8 Å². The van der Waals surface area contributed by atoms with Gasteiger partial charge >= 0.3 is 16.5 Å². The van der Waals surface area contributed by atoms with Gasteiger partial charge < -0.3 is 45.3 Å². The molecule has 9 heteroatoms. The van der Waals surface area contributed by atoms with Gasteiger partial charge in [-0.1, -0.05) is 10.8 Å². The Balaban J connectivity index is -0.000000550. The fraction of sp³-hybridized carbons (Fsp3) is 0.867. The topological polar surface area (TPSA) is 69.3 Å². The van der Waals surface area contributed by atoms with Crippen molar-refractivity contribution in [1.82, 2.24) is 20.0 Å². The Morgan fingerprint density at radius 1 is 0.708 bits per heavy atom. The molecule has 0 unspecified atom stereocenters. The molecule has 0 saturated carbocycles. The van der Waals surface area contributed by atoms with Crippen molar-refractivity contribution in [3.8, 4) is 10.8 Å². The molecule has 0 aliphatic carbocycles. The standard InChI is InChI=1S/C13H30N4.2CHNS.Ni/c1-15-9-5-10-17(3)13-12-16(2)8-4-6-14-7-11-15;2*2-1-3;/h14H,4-13H2,1-3H3;2*3H;/q;;;+2/p-2. The van der Waals surface area contributed by atoms with Crippen molar-refractivity contribution in [3.63, 3.8) is 0 Å². The van der Waals surface area contributed by atoms with Crippen LogP contribution in [0.4, 0.5) is 0 Å². The molecule has 0 aromatic carbocycles. The first-order valence-electron chi connectivity index (χ1n) is 7.80. The average Bonchev–Trinajstić information content (AvgIpc) is 2.49. The third kappa shape index (κ3) is 24.0. The summed E-state index contributed by atoms with van der Waals surface area (Å²) in [6, 6.07) is 0. The molecule has 142 valence electrons. The van der Waals surface area contributed by atoms with Crippen LogP contribution in [-0.2, 0) is 41.7 Å². The summed E-state index contributed by atoms with van der Waals surface area (Å²) in [6.45, 7) is 9.44. The van der Waals surface area contributed by atoms with E-state index in [2.05, 4.69) is 66.4 Å². The SMILES string of the molecule is CN1CCCN(C)CCN(C)CCCNCC1.N#C[S-].N#C[S-].[Ni+2]. The molecule has 0 radical (unpaired) electrons. The van der Waals surface area contributed by atoms with Gasteiger partial charge in [-0.05, 0) is 60.2 Å². The van der Waals surface area contributed by atoms with Crippen molar-refractivity contribution < 1.29 is 16.5 Å². The Hall–Kier alpha value is -0.246. The predicted octanol–water partition coefficient (Wildman–Crippen LogP) is 0.191. The van der Waals surface area contributed by atoms with Crippen LogP contribution in [0.25, 0.3) is 0 Å². The number of nitrogens with one attached hydrogen (secondary N) is 1. The first-order valence-corrected chi connectivity index (χ1v) is 8.62. The first-order chi connectivity index (χ1) is 11.0. The molecule has 0 aromatic rings. The van der Waals surface area contributed by atoms with Crippen LogP contribution in [0.3, 0.4) is 0 Å². The van der Waals surface area contributed by atoms with Gasteiger partial charge in [-0.25, -0.2) is 10.5 Å². The van der Waals surface area contributed by atoms with Crippen molar-refractivity contribution in [2.24, 2.45) is 0 Å². The van der Waals surface area contributed by atoms with E-state index >= 15 is 0 Å². The molecule has 1 fully saturated rings. The Labute approximate surface area is 169 Å². The number of hydrogen-bond acceptors (Lipinski definition) is 8. The van der Waals surface area contributed by atoms with E-state index in [0.29, 0.717) is 0 Å². The van der Waals surface area contributed by atoms with Crippen molar-refractivity contribution in [2.75, 3.05) is 73.5 Å². The van der Waals surface area contributed by atoms with E-state index in [-0.39, 0.29) is 16.5 Å². The molecule has 1 saturated heterocycles. The Morgan fingerprint density at radius 3 is 1.54 bits per heavy atom. The van der Waals surface area contributed by atoms with Gasteiger partial charge in [0.1, 0.15) is 0 Å². The molecule has 1 rings (SSSR count). The third-order valence-corrected chi connectivity index (χ3v) is 3.51. The molecule has 6 nitrogen and oxygen atoms in total. The first kappa shape index (κ1) is 28.6. The van der Waals surface area contributed by atoms with Crippen LogP contribution in [-0.4, -0.2) is 88.2 Å². The molecule has 0 atom stereocenters. The zero-order valence-corrected chi connectivity index (χ0v) is 17.6. The minimum atomic E-state index is 0. The summed E-state index contributed by atoms with van der Waals surface area (Å²) >= 11 is 7.40. The minimum Gasteiger partial charge on any atom is -0.696 e. The minimum absolute atomic E-state index is 0. The normalized spacial score (nSPS) is 18.7. The maximum atomic E-state index is 7.13. The maximum Gasteiger partial charge on any atom is 2.00 e. The Bertz CT molecular complexity index is 323. The van der Waals surface area contributed by atoms with E-state index in [1.807, 2.05) is 0 Å². The van der Waals surface area contributed by atoms with Gasteiger partial charge in [0.25, 0.3) is 0 Å². The van der Waals surface area contributed by atoms with E-state index in [1.54, 1.807) is 0 Å². The Kier molecular flexibility index (Phi) is 27.1. The van der Waals surface area contributed by atoms with Crippen LogP contribution in [0.2, 0.25) is 0 Å². The monoisotopic (exact) mass is 416 g/mol. The number of rotatable bonds is 0. The molecule has 0 spiro atoms. The summed E-state index contributed by atoms with van der Waals surface area (Å²) in [7, 11) is 6.69. The largest absolute Gasteiger partial charge is 2.00 e. The van der Waals surface area contributed by atoms with Gasteiger partial charge in [-0.15, -0.1) is 0 Å². The summed E-state index contributed by atoms with van der Waals surface area (Å²) in [5.74, 6) is 0. The molecule has 0 aromatic heterocycles. The predicted molar refractivity (Wildman–Crippen MR) is 101 cm³/mol. The van der Waals surface area contributed by atoms with Crippen LogP contribution in [0.1, 0.15) is 12.8 Å². The second kappa shape index (κ2) is 22.8. The van der Waals surface area contributed by atoms with Gasteiger partial charge in [0, 0.05) is 26.2 Å². The van der Waals surface area contributed by atoms with Gasteiger partial charge in [-0.3, -0.25) is 0 Å². The van der Waals surface area contributed by atoms with Gasteiger partial charge in [-0.2, -0.15) is 0 Å². The summed E-state index contributed by atoms with van der Waals surface area (Å²) in [4.78, 5) is 7.32. The van der Waals surface area contributed by atoms with Crippen molar-refractivity contribution in [1.29, 1.82) is 10.5 Å². The fourth-order valence-electron chi connectivity index (χ4n) is 2.16. The van der Waals surface area contributed by atoms with E-state index < -0.39 is 0 Å². The molecule has 0 amide bonds. The molecular formula is C15H30N6NiS2. The van der Waals surface area contributed by atoms with Crippen LogP contribution in [0.5, 0.6) is 0 Å². The van der Waals surface area contributed by atoms with Crippen molar-refractivity contribution >= 4 is 25.3 Å². The maximum absolute atomic E-state index is 7.13. The summed E-state index contributed by atoms with van der Waals surface area (Å²) in [5.41, 5.74) is 0. The molecule has 1 N–H and O–H groups in total. The van der Waals surface area contributed by atoms with Gasteiger partial charge in [0.15, 0.2) is 0 Å². The Morgan fingerprint density at radius 2 is 1.08 bits per heavy atom. The van der Waals surface area contributed by atoms with E-state index in [9.17, 15) is 0 Å². The number of nitriles is 2. The summed E-state index contributed by atoms with van der Waals surface area (Å²) in [6.07, 6.45) is 2.53. The molecule has 1 aliphatic rings. The summed E-state index contributed by atoms with van der Waals surface area (Å²) < 4.78 is 0. The van der Waals surface area contributed by atoms with E-state index in [4.69, 9.17) is 10.5 Å². The third-order valence-electron chi connectivity index (χ3n) is 3.51. The molecular weight excluding hydrogens is 387 g/mol. The number of likely N-dealkylation sites (N-methyl/N-ethyl adjacent to an activating group) is 3. The van der Waals surface area contributed by atoms with E-state index in [1.165, 1.54) is 62.9 Å². The second-order valence-corrected chi connectivity index (χ2v) is 5.91. The molecule has 0 bridgehead atoms. The molecule has 1 heterocycles. The number of thiocyanates is 2. The van der Waals surface area contributed by atoms with Crippen LogP contribution >= 0.6 is 0 Å². The van der Waals surface area contributed by atoms with Crippen LogP contribution in [0, 0.1) is 21.3 Å². The fourth-order valence-corrected chi connectivity index (χ4v) is 2.16. The van der Waals surface area contributed by atoms with Crippen LogP contribution in [0.15, 0.2) is 0 Å². The number of hydrogen-bond donors (Lipinski definition) is 1. The average molecular weight is 417 g/mol. The second-order valence-electron chi connectivity index (χ2n) is 5.55. The van der Waals surface area contributed by atoms with Gasteiger partial charge in [0.2, 0.25) is 0 Å².